The molecule has 0 aromatic heterocycles. The number of hydrogen-bond acceptors (Lipinski definition) is 4. The van der Waals surface area contributed by atoms with E-state index in [1.807, 2.05) is 19.1 Å². The van der Waals surface area contributed by atoms with E-state index in [1.165, 1.54) is 12.1 Å². The first-order valence-electron chi connectivity index (χ1n) is 8.31. The molecular weight excluding hydrogens is 352 g/mol. The molecule has 2 aromatic rings. The highest BCUT2D eigenvalue weighted by Gasteiger charge is 2.18. The zero-order chi connectivity index (χ0) is 19.2. The molecule has 0 spiro atoms. The summed E-state index contributed by atoms with van der Waals surface area (Å²) in [4.78, 5) is 12.4. The van der Waals surface area contributed by atoms with Crippen molar-refractivity contribution in [1.29, 1.82) is 0 Å². The van der Waals surface area contributed by atoms with Crippen LogP contribution in [0.2, 0.25) is 0 Å². The molecule has 0 unspecified atom stereocenters. The highest BCUT2D eigenvalue weighted by molar-refractivity contribution is 7.92. The first kappa shape index (κ1) is 19.9. The predicted octanol–water partition coefficient (Wildman–Crippen LogP) is 2.87. The minimum Gasteiger partial charge on any atom is -0.385 e. The Labute approximate surface area is 154 Å². The summed E-state index contributed by atoms with van der Waals surface area (Å²) >= 11 is 0. The van der Waals surface area contributed by atoms with Gasteiger partial charge in [0.25, 0.3) is 15.9 Å². The number of nitrogens with one attached hydrogen (secondary N) is 2. The van der Waals surface area contributed by atoms with Crippen LogP contribution >= 0.6 is 0 Å². The first-order chi connectivity index (χ1) is 12.3. The van der Waals surface area contributed by atoms with Crippen molar-refractivity contribution in [2.24, 2.45) is 0 Å². The van der Waals surface area contributed by atoms with Crippen LogP contribution in [0, 0.1) is 13.8 Å². The number of rotatable bonds is 8. The molecule has 2 aromatic carbocycles. The molecule has 0 aliphatic rings. The molecule has 0 heterocycles. The first-order valence-corrected chi connectivity index (χ1v) is 9.79. The monoisotopic (exact) mass is 376 g/mol. The molecule has 0 aliphatic heterocycles. The Hall–Kier alpha value is -2.38. The average molecular weight is 376 g/mol. The Kier molecular flexibility index (Phi) is 6.76. The van der Waals surface area contributed by atoms with E-state index in [-0.39, 0.29) is 10.8 Å². The molecule has 0 saturated carbocycles. The van der Waals surface area contributed by atoms with E-state index >= 15 is 0 Å². The van der Waals surface area contributed by atoms with Gasteiger partial charge in [-0.3, -0.25) is 9.52 Å². The number of aryl methyl sites for hydroxylation is 2. The van der Waals surface area contributed by atoms with Crippen LogP contribution in [0.3, 0.4) is 0 Å². The Balaban J connectivity index is 2.18. The van der Waals surface area contributed by atoms with Gasteiger partial charge in [-0.25, -0.2) is 8.42 Å². The van der Waals surface area contributed by atoms with E-state index in [9.17, 15) is 13.2 Å². The van der Waals surface area contributed by atoms with E-state index in [2.05, 4.69) is 10.0 Å². The molecule has 1 amide bonds. The van der Waals surface area contributed by atoms with Gasteiger partial charge < -0.3 is 10.1 Å². The summed E-state index contributed by atoms with van der Waals surface area (Å²) in [5.41, 5.74) is 2.56. The minimum atomic E-state index is -3.78. The fourth-order valence-corrected chi connectivity index (χ4v) is 3.45. The molecule has 0 aliphatic carbocycles. The second kappa shape index (κ2) is 8.82. The van der Waals surface area contributed by atoms with E-state index in [4.69, 9.17) is 4.74 Å². The Morgan fingerprint density at radius 1 is 1.08 bits per heavy atom. The molecule has 7 heteroatoms. The highest BCUT2D eigenvalue weighted by atomic mass is 32.2. The molecule has 6 nitrogen and oxygen atoms in total. The lowest BCUT2D eigenvalue weighted by Gasteiger charge is -2.12. The van der Waals surface area contributed by atoms with E-state index in [0.29, 0.717) is 36.4 Å². The van der Waals surface area contributed by atoms with Gasteiger partial charge in [0.05, 0.1) is 4.90 Å². The van der Waals surface area contributed by atoms with Gasteiger partial charge in [0, 0.05) is 31.5 Å². The van der Waals surface area contributed by atoms with Crippen LogP contribution < -0.4 is 10.0 Å². The normalized spacial score (nSPS) is 11.2. The third kappa shape index (κ3) is 5.31. The van der Waals surface area contributed by atoms with Crippen LogP contribution in [0.5, 0.6) is 0 Å². The summed E-state index contributed by atoms with van der Waals surface area (Å²) in [6.07, 6.45) is 0.689. The maximum absolute atomic E-state index is 12.6. The van der Waals surface area contributed by atoms with Gasteiger partial charge in [-0.15, -0.1) is 0 Å². The maximum atomic E-state index is 12.6. The highest BCUT2D eigenvalue weighted by Crippen LogP contribution is 2.19. The number of anilines is 1. The number of carbonyl (C=O) groups is 1. The number of amides is 1. The van der Waals surface area contributed by atoms with Crippen molar-refractivity contribution in [3.63, 3.8) is 0 Å². The third-order valence-electron chi connectivity index (χ3n) is 3.88. The second-order valence-electron chi connectivity index (χ2n) is 6.05. The van der Waals surface area contributed by atoms with Crippen LogP contribution in [0.25, 0.3) is 0 Å². The van der Waals surface area contributed by atoms with Crippen molar-refractivity contribution in [3.05, 3.63) is 59.2 Å². The Bertz CT molecular complexity index is 862. The van der Waals surface area contributed by atoms with Crippen LogP contribution in [0.1, 0.15) is 27.9 Å². The molecule has 140 valence electrons. The van der Waals surface area contributed by atoms with Gasteiger partial charge in [-0.05, 0) is 50.1 Å². The van der Waals surface area contributed by atoms with Crippen molar-refractivity contribution in [2.45, 2.75) is 25.2 Å². The average Bonchev–Trinajstić information content (AvgIpc) is 2.60. The van der Waals surface area contributed by atoms with Crippen molar-refractivity contribution in [3.8, 4) is 0 Å². The maximum Gasteiger partial charge on any atom is 0.261 e. The van der Waals surface area contributed by atoms with E-state index in [1.54, 1.807) is 32.2 Å². The molecule has 0 radical (unpaired) electrons. The molecule has 0 fully saturated rings. The zero-order valence-corrected chi connectivity index (χ0v) is 16.0. The van der Waals surface area contributed by atoms with Crippen molar-refractivity contribution >= 4 is 21.6 Å². The van der Waals surface area contributed by atoms with Crippen LogP contribution in [-0.2, 0) is 14.8 Å². The van der Waals surface area contributed by atoms with Crippen molar-refractivity contribution < 1.29 is 17.9 Å². The topological polar surface area (TPSA) is 84.5 Å². The number of carbonyl (C=O) groups excluding carboxylic acids is 1. The van der Waals surface area contributed by atoms with Crippen LogP contribution in [0.4, 0.5) is 5.69 Å². The van der Waals surface area contributed by atoms with Gasteiger partial charge in [0.15, 0.2) is 0 Å². The summed E-state index contributed by atoms with van der Waals surface area (Å²) in [6, 6.07) is 11.6. The summed E-state index contributed by atoms with van der Waals surface area (Å²) in [6.45, 7) is 4.71. The summed E-state index contributed by atoms with van der Waals surface area (Å²) in [7, 11) is -2.18. The largest absolute Gasteiger partial charge is 0.385 e. The molecular formula is C19H24N2O4S. The van der Waals surface area contributed by atoms with Crippen LogP contribution in [0.15, 0.2) is 47.4 Å². The molecule has 0 saturated heterocycles. The van der Waals surface area contributed by atoms with Gasteiger partial charge in [-0.1, -0.05) is 23.8 Å². The van der Waals surface area contributed by atoms with Gasteiger partial charge in [-0.2, -0.15) is 0 Å². The van der Waals surface area contributed by atoms with Crippen molar-refractivity contribution in [2.75, 3.05) is 25.0 Å². The number of ether oxygens (including phenoxy) is 1. The Morgan fingerprint density at radius 3 is 2.42 bits per heavy atom. The number of hydrogen-bond donors (Lipinski definition) is 2. The number of sulfonamides is 1. The van der Waals surface area contributed by atoms with Crippen LogP contribution in [-0.4, -0.2) is 34.6 Å². The van der Waals surface area contributed by atoms with Crippen molar-refractivity contribution in [1.82, 2.24) is 5.32 Å². The van der Waals surface area contributed by atoms with E-state index in [0.717, 1.165) is 5.56 Å². The fraction of sp³-hybridized carbons (Fsp3) is 0.316. The van der Waals surface area contributed by atoms with Gasteiger partial charge in [0.2, 0.25) is 0 Å². The summed E-state index contributed by atoms with van der Waals surface area (Å²) in [5, 5.41) is 2.78. The fourth-order valence-electron chi connectivity index (χ4n) is 2.36. The lowest BCUT2D eigenvalue weighted by molar-refractivity contribution is 0.0948. The molecule has 0 atom stereocenters. The second-order valence-corrected chi connectivity index (χ2v) is 7.73. The lowest BCUT2D eigenvalue weighted by Crippen LogP contribution is -2.26. The van der Waals surface area contributed by atoms with Gasteiger partial charge >= 0.3 is 0 Å². The van der Waals surface area contributed by atoms with Gasteiger partial charge in [0.1, 0.15) is 0 Å². The standard InChI is InChI=1S/C19H24N2O4S/c1-14-5-8-16(9-6-14)21-26(23,24)17-10-7-15(2)18(13-17)19(22)20-11-4-12-25-3/h5-10,13,21H,4,11-12H2,1-3H3,(H,20,22). The zero-order valence-electron chi connectivity index (χ0n) is 15.2. The summed E-state index contributed by atoms with van der Waals surface area (Å²) in [5.74, 6) is -0.300. The number of methoxy groups -OCH3 is 1. The summed E-state index contributed by atoms with van der Waals surface area (Å²) < 4.78 is 32.7. The molecule has 0 bridgehead atoms. The number of benzene rings is 2. The minimum absolute atomic E-state index is 0.0470. The lowest BCUT2D eigenvalue weighted by atomic mass is 10.1. The van der Waals surface area contributed by atoms with E-state index < -0.39 is 10.0 Å². The molecule has 2 rings (SSSR count). The Morgan fingerprint density at radius 2 is 1.77 bits per heavy atom. The molecule has 2 N–H and O–H groups in total. The molecule has 26 heavy (non-hydrogen) atoms. The quantitative estimate of drug-likeness (QED) is 0.694. The smallest absolute Gasteiger partial charge is 0.261 e. The SMILES string of the molecule is COCCCNC(=O)c1cc(S(=O)(=O)Nc2ccc(C)cc2)ccc1C. The predicted molar refractivity (Wildman–Crippen MR) is 102 cm³/mol. The third-order valence-corrected chi connectivity index (χ3v) is 5.26.